The zero-order valence-corrected chi connectivity index (χ0v) is 20.0. The second kappa shape index (κ2) is 12.0. The molecule has 160 valence electrons. The van der Waals surface area contributed by atoms with Crippen molar-refractivity contribution in [3.05, 3.63) is 42.5 Å². The Kier molecular flexibility index (Phi) is 9.65. The van der Waals surface area contributed by atoms with Crippen molar-refractivity contribution < 1.29 is 0 Å². The zero-order chi connectivity index (χ0) is 19.8. The van der Waals surface area contributed by atoms with Gasteiger partial charge in [-0.05, 0) is 31.2 Å². The Morgan fingerprint density at radius 2 is 1.90 bits per heavy atom. The van der Waals surface area contributed by atoms with E-state index in [1.54, 1.807) is 0 Å². The van der Waals surface area contributed by atoms with Gasteiger partial charge in [-0.15, -0.1) is 24.0 Å². The number of anilines is 1. The lowest BCUT2D eigenvalue weighted by Gasteiger charge is -2.34. The highest BCUT2D eigenvalue weighted by Crippen LogP contribution is 2.09. The van der Waals surface area contributed by atoms with Crippen LogP contribution in [0.1, 0.15) is 12.1 Å². The quantitative estimate of drug-likeness (QED) is 0.264. The fraction of sp³-hybridized carbons (Fsp3) is 0.550. The standard InChI is InChI=1S/C20H32N8.HI/c1-21-19(26(3)17-18-7-4-11-25(18)2)22-10-6-12-27-13-15-28(16-14-27)20-23-8-5-9-24-20;/h4-5,7-9,11H,6,10,12-17H2,1-3H3,(H,21,22);1H. The molecule has 3 rings (SSSR count). The van der Waals surface area contributed by atoms with Crippen LogP contribution >= 0.6 is 24.0 Å². The number of hydrogen-bond donors (Lipinski definition) is 1. The molecule has 0 spiro atoms. The Bertz CT molecular complexity index is 740. The van der Waals surface area contributed by atoms with Crippen LogP contribution < -0.4 is 10.2 Å². The van der Waals surface area contributed by atoms with Crippen LogP contribution in [0, 0.1) is 0 Å². The molecule has 0 unspecified atom stereocenters. The van der Waals surface area contributed by atoms with Gasteiger partial charge in [-0.3, -0.25) is 9.89 Å². The van der Waals surface area contributed by atoms with Crippen molar-refractivity contribution in [2.75, 3.05) is 58.3 Å². The van der Waals surface area contributed by atoms with Crippen molar-refractivity contribution in [1.82, 2.24) is 29.7 Å². The first kappa shape index (κ1) is 23.4. The molecule has 0 saturated carbocycles. The van der Waals surface area contributed by atoms with E-state index >= 15 is 0 Å². The molecule has 3 heterocycles. The summed E-state index contributed by atoms with van der Waals surface area (Å²) < 4.78 is 2.14. The Morgan fingerprint density at radius 3 is 2.52 bits per heavy atom. The lowest BCUT2D eigenvalue weighted by molar-refractivity contribution is 0.254. The summed E-state index contributed by atoms with van der Waals surface area (Å²) in [5.74, 6) is 1.78. The summed E-state index contributed by atoms with van der Waals surface area (Å²) in [6.45, 7) is 6.94. The molecular weight excluding hydrogens is 479 g/mol. The number of rotatable bonds is 7. The number of aliphatic imine (C=N–C) groups is 1. The highest BCUT2D eigenvalue weighted by molar-refractivity contribution is 14.0. The van der Waals surface area contributed by atoms with Crippen molar-refractivity contribution in [3.8, 4) is 0 Å². The number of halogens is 1. The minimum absolute atomic E-state index is 0. The van der Waals surface area contributed by atoms with E-state index < -0.39 is 0 Å². The van der Waals surface area contributed by atoms with E-state index in [2.05, 4.69) is 72.0 Å². The lowest BCUT2D eigenvalue weighted by Crippen LogP contribution is -2.47. The second-order valence-corrected chi connectivity index (χ2v) is 7.17. The van der Waals surface area contributed by atoms with E-state index in [0.29, 0.717) is 0 Å². The van der Waals surface area contributed by atoms with Gasteiger partial charge in [-0.2, -0.15) is 0 Å². The average molecular weight is 512 g/mol. The molecule has 0 aromatic carbocycles. The highest BCUT2D eigenvalue weighted by atomic mass is 127. The number of aromatic nitrogens is 3. The van der Waals surface area contributed by atoms with Gasteiger partial charge in [0.05, 0.1) is 6.54 Å². The van der Waals surface area contributed by atoms with E-state index in [1.807, 2.05) is 25.5 Å². The monoisotopic (exact) mass is 512 g/mol. The van der Waals surface area contributed by atoms with Gasteiger partial charge in [0.25, 0.3) is 0 Å². The van der Waals surface area contributed by atoms with E-state index in [0.717, 1.165) is 64.1 Å². The minimum Gasteiger partial charge on any atom is -0.356 e. The molecule has 1 N–H and O–H groups in total. The first-order chi connectivity index (χ1) is 13.7. The Morgan fingerprint density at radius 1 is 1.17 bits per heavy atom. The summed E-state index contributed by atoms with van der Waals surface area (Å²) in [5.41, 5.74) is 1.27. The van der Waals surface area contributed by atoms with Gasteiger partial charge in [0.15, 0.2) is 5.96 Å². The topological polar surface area (TPSA) is 64.8 Å². The Hall–Kier alpha value is -1.88. The van der Waals surface area contributed by atoms with E-state index in [9.17, 15) is 0 Å². The summed E-state index contributed by atoms with van der Waals surface area (Å²) in [4.78, 5) is 20.0. The third-order valence-electron chi connectivity index (χ3n) is 5.17. The molecule has 0 amide bonds. The summed E-state index contributed by atoms with van der Waals surface area (Å²) in [6, 6.07) is 6.07. The van der Waals surface area contributed by atoms with Crippen LogP contribution in [0.25, 0.3) is 0 Å². The smallest absolute Gasteiger partial charge is 0.225 e. The third kappa shape index (κ3) is 6.84. The zero-order valence-electron chi connectivity index (χ0n) is 17.7. The molecule has 2 aromatic rings. The van der Waals surface area contributed by atoms with Gasteiger partial charge in [0, 0.05) is 78.2 Å². The van der Waals surface area contributed by atoms with E-state index in [4.69, 9.17) is 0 Å². The maximum absolute atomic E-state index is 4.41. The van der Waals surface area contributed by atoms with Crippen LogP contribution in [0.15, 0.2) is 41.8 Å². The predicted molar refractivity (Wildman–Crippen MR) is 129 cm³/mol. The van der Waals surface area contributed by atoms with Crippen LogP contribution in [0.2, 0.25) is 0 Å². The Balaban J connectivity index is 0.00000300. The maximum atomic E-state index is 4.41. The van der Waals surface area contributed by atoms with Gasteiger partial charge in [0.1, 0.15) is 0 Å². The number of aryl methyl sites for hydroxylation is 1. The van der Waals surface area contributed by atoms with Crippen molar-refractivity contribution in [1.29, 1.82) is 0 Å². The molecule has 0 bridgehead atoms. The molecule has 2 aromatic heterocycles. The molecular formula is C20H33IN8. The van der Waals surface area contributed by atoms with Gasteiger partial charge >= 0.3 is 0 Å². The lowest BCUT2D eigenvalue weighted by atomic mass is 10.3. The molecule has 0 aliphatic carbocycles. The predicted octanol–water partition coefficient (Wildman–Crippen LogP) is 1.65. The van der Waals surface area contributed by atoms with Gasteiger partial charge in [-0.1, -0.05) is 0 Å². The summed E-state index contributed by atoms with van der Waals surface area (Å²) >= 11 is 0. The SMILES string of the molecule is CN=C(NCCCN1CCN(c2ncccn2)CC1)N(C)Cc1cccn1C.I. The summed E-state index contributed by atoms with van der Waals surface area (Å²) in [7, 11) is 5.99. The molecule has 29 heavy (non-hydrogen) atoms. The number of piperazine rings is 1. The van der Waals surface area contributed by atoms with E-state index in [-0.39, 0.29) is 24.0 Å². The van der Waals surface area contributed by atoms with Crippen molar-refractivity contribution >= 4 is 35.9 Å². The van der Waals surface area contributed by atoms with Crippen molar-refractivity contribution in [2.24, 2.45) is 12.0 Å². The molecule has 8 nitrogen and oxygen atoms in total. The number of guanidine groups is 1. The number of hydrogen-bond acceptors (Lipinski definition) is 5. The maximum Gasteiger partial charge on any atom is 0.225 e. The first-order valence-electron chi connectivity index (χ1n) is 9.93. The van der Waals surface area contributed by atoms with Crippen LogP contribution in [0.4, 0.5) is 5.95 Å². The molecule has 0 radical (unpaired) electrons. The molecule has 1 fully saturated rings. The normalized spacial score (nSPS) is 15.1. The number of nitrogens with one attached hydrogen (secondary N) is 1. The van der Waals surface area contributed by atoms with E-state index in [1.165, 1.54) is 5.69 Å². The largest absolute Gasteiger partial charge is 0.356 e. The molecule has 9 heteroatoms. The van der Waals surface area contributed by atoms with Crippen LogP contribution in [-0.4, -0.2) is 83.7 Å². The van der Waals surface area contributed by atoms with Crippen LogP contribution in [0.5, 0.6) is 0 Å². The fourth-order valence-corrected chi connectivity index (χ4v) is 3.49. The van der Waals surface area contributed by atoms with Crippen LogP contribution in [-0.2, 0) is 13.6 Å². The molecule has 1 aliphatic rings. The first-order valence-corrected chi connectivity index (χ1v) is 9.93. The van der Waals surface area contributed by atoms with Gasteiger partial charge < -0.3 is 19.7 Å². The molecule has 0 atom stereocenters. The minimum atomic E-state index is 0. The Labute approximate surface area is 191 Å². The van der Waals surface area contributed by atoms with Crippen molar-refractivity contribution in [3.63, 3.8) is 0 Å². The summed E-state index contributed by atoms with van der Waals surface area (Å²) in [6.07, 6.45) is 6.78. The highest BCUT2D eigenvalue weighted by Gasteiger charge is 2.18. The molecule has 1 saturated heterocycles. The fourth-order valence-electron chi connectivity index (χ4n) is 3.49. The van der Waals surface area contributed by atoms with Crippen LogP contribution in [0.3, 0.4) is 0 Å². The second-order valence-electron chi connectivity index (χ2n) is 7.17. The van der Waals surface area contributed by atoms with Gasteiger partial charge in [0.2, 0.25) is 5.95 Å². The molecule has 1 aliphatic heterocycles. The van der Waals surface area contributed by atoms with Crippen molar-refractivity contribution in [2.45, 2.75) is 13.0 Å². The number of nitrogens with zero attached hydrogens (tertiary/aromatic N) is 7. The average Bonchev–Trinajstić information content (AvgIpc) is 3.13. The summed E-state index contributed by atoms with van der Waals surface area (Å²) in [5, 5.41) is 3.48. The third-order valence-corrected chi connectivity index (χ3v) is 5.17. The van der Waals surface area contributed by atoms with Gasteiger partial charge in [-0.25, -0.2) is 9.97 Å².